The molecule has 5 nitrogen and oxygen atoms in total. The molecule has 1 rings (SSSR count). The van der Waals surface area contributed by atoms with Crippen molar-refractivity contribution >= 4 is 6.09 Å². The summed E-state index contributed by atoms with van der Waals surface area (Å²) in [6.07, 6.45) is 4.47. The van der Waals surface area contributed by atoms with Crippen LogP contribution in [0.25, 0.3) is 0 Å². The Bertz CT molecular complexity index is 315. The highest BCUT2D eigenvalue weighted by molar-refractivity contribution is 5.67. The molecule has 0 spiro atoms. The molecule has 124 valence electrons. The summed E-state index contributed by atoms with van der Waals surface area (Å²) in [5.41, 5.74) is -0.421. The number of nitrogens with zero attached hydrogens (tertiary/aromatic N) is 2. The van der Waals surface area contributed by atoms with Gasteiger partial charge < -0.3 is 19.9 Å². The summed E-state index contributed by atoms with van der Waals surface area (Å²) < 4.78 is 5.34. The second-order valence-electron chi connectivity index (χ2n) is 7.14. The molecular formula is C16H33N3O2. The molecule has 0 saturated carbocycles. The van der Waals surface area contributed by atoms with Crippen LogP contribution in [0.3, 0.4) is 0 Å². The second kappa shape index (κ2) is 8.59. The number of rotatable bonds is 5. The first-order valence-corrected chi connectivity index (χ1v) is 8.14. The third kappa shape index (κ3) is 8.27. The molecule has 0 aliphatic carbocycles. The predicted molar refractivity (Wildman–Crippen MR) is 86.6 cm³/mol. The number of ether oxygens (including phenoxy) is 1. The lowest BCUT2D eigenvalue weighted by atomic mass is 10.1. The zero-order valence-corrected chi connectivity index (χ0v) is 14.4. The summed E-state index contributed by atoms with van der Waals surface area (Å²) in [6.45, 7) is 9.75. The molecule has 1 saturated heterocycles. The summed E-state index contributed by atoms with van der Waals surface area (Å²) >= 11 is 0. The maximum atomic E-state index is 11.8. The van der Waals surface area contributed by atoms with E-state index in [0.717, 1.165) is 19.5 Å². The van der Waals surface area contributed by atoms with Gasteiger partial charge in [0.2, 0.25) is 0 Å². The van der Waals surface area contributed by atoms with Crippen molar-refractivity contribution < 1.29 is 9.53 Å². The van der Waals surface area contributed by atoms with Crippen LogP contribution in [-0.4, -0.2) is 67.8 Å². The molecular weight excluding hydrogens is 266 g/mol. The van der Waals surface area contributed by atoms with Crippen molar-refractivity contribution in [2.45, 2.75) is 58.1 Å². The van der Waals surface area contributed by atoms with E-state index in [2.05, 4.69) is 17.3 Å². The largest absolute Gasteiger partial charge is 0.444 e. The Morgan fingerprint density at radius 2 is 2.05 bits per heavy atom. The average molecular weight is 299 g/mol. The van der Waals surface area contributed by atoms with E-state index in [9.17, 15) is 4.79 Å². The molecule has 1 fully saturated rings. The van der Waals surface area contributed by atoms with E-state index in [-0.39, 0.29) is 6.09 Å². The van der Waals surface area contributed by atoms with Crippen molar-refractivity contribution in [1.29, 1.82) is 0 Å². The van der Waals surface area contributed by atoms with Gasteiger partial charge in [-0.25, -0.2) is 4.79 Å². The van der Waals surface area contributed by atoms with Crippen LogP contribution in [0.4, 0.5) is 4.79 Å². The van der Waals surface area contributed by atoms with Crippen molar-refractivity contribution in [2.24, 2.45) is 0 Å². The molecule has 0 radical (unpaired) electrons. The molecule has 5 heteroatoms. The van der Waals surface area contributed by atoms with Crippen LogP contribution in [-0.2, 0) is 4.74 Å². The van der Waals surface area contributed by atoms with Crippen molar-refractivity contribution in [3.63, 3.8) is 0 Å². The maximum Gasteiger partial charge on any atom is 0.410 e. The van der Waals surface area contributed by atoms with E-state index in [1.807, 2.05) is 20.8 Å². The Balaban J connectivity index is 2.14. The fourth-order valence-corrected chi connectivity index (χ4v) is 2.50. The van der Waals surface area contributed by atoms with Gasteiger partial charge in [0.15, 0.2) is 0 Å². The first kappa shape index (κ1) is 18.2. The second-order valence-corrected chi connectivity index (χ2v) is 7.14. The smallest absolute Gasteiger partial charge is 0.410 e. The standard InChI is InChI=1S/C16H33N3O2/c1-16(2,3)21-15(20)19(5)12-7-10-17-14-8-6-11-18(4)13-9-14/h14,17H,6-13H2,1-5H3. The molecule has 1 atom stereocenters. The highest BCUT2D eigenvalue weighted by atomic mass is 16.6. The lowest BCUT2D eigenvalue weighted by Crippen LogP contribution is -2.37. The van der Waals surface area contributed by atoms with Gasteiger partial charge in [-0.05, 0) is 73.1 Å². The quantitative estimate of drug-likeness (QED) is 0.791. The van der Waals surface area contributed by atoms with Gasteiger partial charge in [-0.3, -0.25) is 0 Å². The summed E-state index contributed by atoms with van der Waals surface area (Å²) in [7, 11) is 3.99. The lowest BCUT2D eigenvalue weighted by Gasteiger charge is -2.25. The van der Waals surface area contributed by atoms with Crippen molar-refractivity contribution in [2.75, 3.05) is 40.3 Å². The first-order valence-electron chi connectivity index (χ1n) is 8.14. The van der Waals surface area contributed by atoms with Gasteiger partial charge in [-0.1, -0.05) is 0 Å². The average Bonchev–Trinajstić information content (AvgIpc) is 2.57. The molecule has 0 bridgehead atoms. The minimum Gasteiger partial charge on any atom is -0.444 e. The van der Waals surface area contributed by atoms with E-state index in [4.69, 9.17) is 4.74 Å². The highest BCUT2D eigenvalue weighted by Crippen LogP contribution is 2.10. The van der Waals surface area contributed by atoms with Crippen molar-refractivity contribution in [1.82, 2.24) is 15.1 Å². The van der Waals surface area contributed by atoms with Gasteiger partial charge in [0.1, 0.15) is 5.60 Å². The third-order valence-corrected chi connectivity index (χ3v) is 3.76. The zero-order valence-electron chi connectivity index (χ0n) is 14.4. The van der Waals surface area contributed by atoms with Crippen LogP contribution in [0.15, 0.2) is 0 Å². The SMILES string of the molecule is CN1CCCC(NCCCN(C)C(=O)OC(C)(C)C)CC1. The van der Waals surface area contributed by atoms with E-state index in [1.54, 1.807) is 11.9 Å². The number of hydrogen-bond donors (Lipinski definition) is 1. The zero-order chi connectivity index (χ0) is 15.9. The van der Waals surface area contributed by atoms with Gasteiger partial charge in [0.25, 0.3) is 0 Å². The van der Waals surface area contributed by atoms with E-state index >= 15 is 0 Å². The molecule has 1 aliphatic heterocycles. The number of carbonyl (C=O) groups is 1. The fraction of sp³-hybridized carbons (Fsp3) is 0.938. The van der Waals surface area contributed by atoms with Crippen molar-refractivity contribution in [3.05, 3.63) is 0 Å². The Kier molecular flexibility index (Phi) is 7.46. The van der Waals surface area contributed by atoms with E-state index < -0.39 is 5.60 Å². The molecule has 1 heterocycles. The van der Waals surface area contributed by atoms with Gasteiger partial charge in [0, 0.05) is 19.6 Å². The molecule has 1 unspecified atom stereocenters. The predicted octanol–water partition coefficient (Wildman–Crippen LogP) is 2.32. The van der Waals surface area contributed by atoms with Crippen LogP contribution >= 0.6 is 0 Å². The van der Waals surface area contributed by atoms with Crippen LogP contribution in [0.5, 0.6) is 0 Å². The fourth-order valence-electron chi connectivity index (χ4n) is 2.50. The molecule has 1 N–H and O–H groups in total. The van der Waals surface area contributed by atoms with Crippen LogP contribution in [0.2, 0.25) is 0 Å². The van der Waals surface area contributed by atoms with E-state index in [1.165, 1.54) is 32.4 Å². The molecule has 21 heavy (non-hydrogen) atoms. The number of carbonyl (C=O) groups excluding carboxylic acids is 1. The number of hydrogen-bond acceptors (Lipinski definition) is 4. The monoisotopic (exact) mass is 299 g/mol. The number of likely N-dealkylation sites (tertiary alicyclic amines) is 1. The summed E-state index contributed by atoms with van der Waals surface area (Å²) in [4.78, 5) is 15.9. The molecule has 0 aromatic rings. The highest BCUT2D eigenvalue weighted by Gasteiger charge is 2.19. The minimum absolute atomic E-state index is 0.237. The first-order chi connectivity index (χ1) is 9.78. The van der Waals surface area contributed by atoms with Gasteiger partial charge in [-0.15, -0.1) is 0 Å². The van der Waals surface area contributed by atoms with Crippen LogP contribution in [0, 0.1) is 0 Å². The van der Waals surface area contributed by atoms with Crippen molar-refractivity contribution in [3.8, 4) is 0 Å². The Labute approximate surface area is 130 Å². The van der Waals surface area contributed by atoms with Gasteiger partial charge in [0.05, 0.1) is 0 Å². The van der Waals surface area contributed by atoms with Gasteiger partial charge >= 0.3 is 6.09 Å². The van der Waals surface area contributed by atoms with Gasteiger partial charge in [-0.2, -0.15) is 0 Å². The number of amides is 1. The Hall–Kier alpha value is -0.810. The topological polar surface area (TPSA) is 44.8 Å². The Morgan fingerprint density at radius 3 is 2.71 bits per heavy atom. The maximum absolute atomic E-state index is 11.8. The van der Waals surface area contributed by atoms with Crippen LogP contribution < -0.4 is 5.32 Å². The third-order valence-electron chi connectivity index (χ3n) is 3.76. The molecule has 0 aromatic heterocycles. The lowest BCUT2D eigenvalue weighted by molar-refractivity contribution is 0.0297. The molecule has 0 aromatic carbocycles. The normalized spacial score (nSPS) is 20.9. The molecule has 1 aliphatic rings. The van der Waals surface area contributed by atoms with E-state index in [0.29, 0.717) is 6.04 Å². The number of nitrogens with one attached hydrogen (secondary N) is 1. The Morgan fingerprint density at radius 1 is 1.33 bits per heavy atom. The molecule has 1 amide bonds. The minimum atomic E-state index is -0.421. The van der Waals surface area contributed by atoms with Crippen LogP contribution in [0.1, 0.15) is 46.5 Å². The summed E-state index contributed by atoms with van der Waals surface area (Å²) in [5, 5.41) is 3.62. The summed E-state index contributed by atoms with van der Waals surface area (Å²) in [6, 6.07) is 0.627. The summed E-state index contributed by atoms with van der Waals surface area (Å²) in [5.74, 6) is 0.